The van der Waals surface area contributed by atoms with Crippen LogP contribution in [-0.2, 0) is 25.7 Å². The molecule has 1 aliphatic rings. The summed E-state index contributed by atoms with van der Waals surface area (Å²) >= 11 is 5.12. The van der Waals surface area contributed by atoms with Crippen molar-refractivity contribution in [3.8, 4) is 0 Å². The fourth-order valence-electron chi connectivity index (χ4n) is 3.53. The summed E-state index contributed by atoms with van der Waals surface area (Å²) in [5.74, 6) is -2.49. The minimum atomic E-state index is -0.744. The number of hydrogen-bond acceptors (Lipinski definition) is 5. The molecular weight excluding hydrogens is 433 g/mol. The maximum atomic E-state index is 14.3. The zero-order valence-electron chi connectivity index (χ0n) is 17.0. The third-order valence-electron chi connectivity index (χ3n) is 4.92. The van der Waals surface area contributed by atoms with Crippen molar-refractivity contribution in [3.63, 3.8) is 0 Å². The largest absolute Gasteiger partial charge is 0.465 e. The molecule has 3 aromatic rings. The molecule has 1 fully saturated rings. The van der Waals surface area contributed by atoms with Gasteiger partial charge in [-0.2, -0.15) is 0 Å². The molecule has 1 aromatic heterocycles. The fourth-order valence-corrected chi connectivity index (χ4v) is 3.81. The summed E-state index contributed by atoms with van der Waals surface area (Å²) < 4.78 is 21.0. The van der Waals surface area contributed by atoms with Crippen molar-refractivity contribution in [1.29, 1.82) is 0 Å². The Morgan fingerprint density at radius 3 is 2.62 bits per heavy atom. The van der Waals surface area contributed by atoms with Gasteiger partial charge in [0, 0.05) is 22.7 Å². The van der Waals surface area contributed by atoms with Crippen molar-refractivity contribution in [1.82, 2.24) is 9.88 Å². The van der Waals surface area contributed by atoms with Crippen LogP contribution >= 0.6 is 12.2 Å². The van der Waals surface area contributed by atoms with Crippen LogP contribution < -0.4 is 10.2 Å². The average molecular weight is 451 g/mol. The van der Waals surface area contributed by atoms with E-state index < -0.39 is 23.6 Å². The summed E-state index contributed by atoms with van der Waals surface area (Å²) in [5, 5.41) is 2.97. The number of carbonyl (C=O) groups excluding carboxylic acids is 3. The number of aromatic nitrogens is 1. The van der Waals surface area contributed by atoms with Gasteiger partial charge in [0.15, 0.2) is 5.11 Å². The number of halogens is 1. The summed E-state index contributed by atoms with van der Waals surface area (Å²) in [6, 6.07) is 12.9. The second kappa shape index (κ2) is 8.72. The summed E-state index contributed by atoms with van der Waals surface area (Å²) in [6.07, 6.45) is 3.08. The number of anilines is 1. The lowest BCUT2D eigenvalue weighted by molar-refractivity contribution is -0.143. The third-order valence-corrected chi connectivity index (χ3v) is 5.20. The lowest BCUT2D eigenvalue weighted by atomic mass is 10.1. The van der Waals surface area contributed by atoms with E-state index in [1.165, 1.54) is 24.3 Å². The van der Waals surface area contributed by atoms with Gasteiger partial charge in [-0.15, -0.1) is 0 Å². The lowest BCUT2D eigenvalue weighted by Gasteiger charge is -2.29. The highest BCUT2D eigenvalue weighted by Gasteiger charge is 2.35. The number of para-hydroxylation sites is 2. The van der Waals surface area contributed by atoms with Crippen LogP contribution in [0, 0.1) is 5.82 Å². The van der Waals surface area contributed by atoms with Crippen LogP contribution in [0.2, 0.25) is 0 Å². The van der Waals surface area contributed by atoms with E-state index in [9.17, 15) is 18.8 Å². The first-order valence-corrected chi connectivity index (χ1v) is 10.2. The van der Waals surface area contributed by atoms with E-state index in [2.05, 4.69) is 5.32 Å². The van der Waals surface area contributed by atoms with Crippen LogP contribution in [-0.4, -0.2) is 34.1 Å². The monoisotopic (exact) mass is 451 g/mol. The number of benzene rings is 2. The molecule has 1 N–H and O–H groups in total. The Kier molecular flexibility index (Phi) is 5.83. The number of rotatable bonds is 5. The Morgan fingerprint density at radius 2 is 1.88 bits per heavy atom. The number of nitrogens with one attached hydrogen (secondary N) is 1. The molecule has 162 valence electrons. The smallest absolute Gasteiger partial charge is 0.325 e. The van der Waals surface area contributed by atoms with Gasteiger partial charge in [0.25, 0.3) is 11.8 Å². The maximum Gasteiger partial charge on any atom is 0.325 e. The minimum absolute atomic E-state index is 0.0247. The van der Waals surface area contributed by atoms with Gasteiger partial charge < -0.3 is 9.30 Å². The van der Waals surface area contributed by atoms with Gasteiger partial charge in [-0.3, -0.25) is 19.7 Å². The molecule has 9 heteroatoms. The second-order valence-corrected chi connectivity index (χ2v) is 7.33. The number of carbonyl (C=O) groups is 3. The van der Waals surface area contributed by atoms with E-state index in [1.54, 1.807) is 23.8 Å². The van der Waals surface area contributed by atoms with Crippen molar-refractivity contribution in [2.75, 3.05) is 11.5 Å². The molecule has 0 bridgehead atoms. The van der Waals surface area contributed by atoms with Gasteiger partial charge in [0.2, 0.25) is 0 Å². The van der Waals surface area contributed by atoms with E-state index in [0.29, 0.717) is 5.56 Å². The highest BCUT2D eigenvalue weighted by Crippen LogP contribution is 2.27. The Morgan fingerprint density at radius 1 is 1.16 bits per heavy atom. The minimum Gasteiger partial charge on any atom is -0.465 e. The molecule has 1 aliphatic heterocycles. The summed E-state index contributed by atoms with van der Waals surface area (Å²) in [7, 11) is 0. The van der Waals surface area contributed by atoms with E-state index in [4.69, 9.17) is 17.0 Å². The zero-order chi connectivity index (χ0) is 22.8. The normalized spacial score (nSPS) is 15.4. The molecule has 0 unspecified atom stereocenters. The van der Waals surface area contributed by atoms with Crippen molar-refractivity contribution in [3.05, 3.63) is 71.7 Å². The molecule has 2 amide bonds. The zero-order valence-corrected chi connectivity index (χ0v) is 17.8. The predicted octanol–water partition coefficient (Wildman–Crippen LogP) is 3.17. The number of amides is 2. The summed E-state index contributed by atoms with van der Waals surface area (Å²) in [6.45, 7) is 1.96. The van der Waals surface area contributed by atoms with E-state index in [-0.39, 0.29) is 29.5 Å². The fraction of sp³-hybridized carbons (Fsp3) is 0.130. The van der Waals surface area contributed by atoms with Crippen LogP contribution in [0.15, 0.2) is 60.3 Å². The van der Waals surface area contributed by atoms with Crippen LogP contribution in [0.4, 0.5) is 10.1 Å². The quantitative estimate of drug-likeness (QED) is 0.279. The van der Waals surface area contributed by atoms with Crippen LogP contribution in [0.1, 0.15) is 12.5 Å². The van der Waals surface area contributed by atoms with E-state index in [0.717, 1.165) is 15.8 Å². The summed E-state index contributed by atoms with van der Waals surface area (Å²) in [4.78, 5) is 38.7. The Hall–Kier alpha value is -3.85. The molecule has 4 rings (SSSR count). The first kappa shape index (κ1) is 21.4. The van der Waals surface area contributed by atoms with Crippen LogP contribution in [0.5, 0.6) is 0 Å². The van der Waals surface area contributed by atoms with Gasteiger partial charge in [0.1, 0.15) is 17.9 Å². The topological polar surface area (TPSA) is 80.6 Å². The first-order valence-electron chi connectivity index (χ1n) is 9.80. The van der Waals surface area contributed by atoms with Crippen molar-refractivity contribution < 1.29 is 23.5 Å². The highest BCUT2D eigenvalue weighted by atomic mass is 32.1. The van der Waals surface area contributed by atoms with Crippen LogP contribution in [0.25, 0.3) is 17.0 Å². The van der Waals surface area contributed by atoms with E-state index in [1.807, 2.05) is 24.3 Å². The highest BCUT2D eigenvalue weighted by molar-refractivity contribution is 7.80. The number of hydrogen-bond donors (Lipinski definition) is 1. The van der Waals surface area contributed by atoms with Crippen molar-refractivity contribution in [2.24, 2.45) is 0 Å². The number of esters is 1. The number of nitrogens with zero attached hydrogens (tertiary/aromatic N) is 2. The van der Waals surface area contributed by atoms with Crippen molar-refractivity contribution >= 4 is 57.8 Å². The van der Waals surface area contributed by atoms with Gasteiger partial charge in [-0.1, -0.05) is 30.3 Å². The molecule has 1 saturated heterocycles. The molecule has 7 nitrogen and oxygen atoms in total. The predicted molar refractivity (Wildman–Crippen MR) is 121 cm³/mol. The van der Waals surface area contributed by atoms with Gasteiger partial charge in [-0.05, 0) is 43.4 Å². The first-order chi connectivity index (χ1) is 15.4. The number of thiocarbonyl (C=S) groups is 1. The lowest BCUT2D eigenvalue weighted by Crippen LogP contribution is -2.54. The average Bonchev–Trinajstić information content (AvgIpc) is 3.10. The standard InChI is InChI=1S/C23H18FN3O4S/c1-2-31-20(28)13-26-12-14(15-7-3-5-9-18(15)26)11-16-21(29)25-23(32)27(22(16)30)19-10-6-4-8-17(19)24/h3-12H,2,13H2,1H3,(H,25,29,32)/b16-11-. The summed E-state index contributed by atoms with van der Waals surface area (Å²) in [5.41, 5.74) is 1.02. The molecule has 32 heavy (non-hydrogen) atoms. The molecular formula is C23H18FN3O4S. The molecule has 2 aromatic carbocycles. The molecule has 0 radical (unpaired) electrons. The Labute approximate surface area is 188 Å². The van der Waals surface area contributed by atoms with E-state index >= 15 is 0 Å². The second-order valence-electron chi connectivity index (χ2n) is 6.94. The van der Waals surface area contributed by atoms with Gasteiger partial charge in [0.05, 0.1) is 12.3 Å². The number of ether oxygens (including phenoxy) is 1. The van der Waals surface area contributed by atoms with Gasteiger partial charge >= 0.3 is 5.97 Å². The Balaban J connectivity index is 1.78. The molecule has 0 saturated carbocycles. The van der Waals surface area contributed by atoms with Crippen molar-refractivity contribution in [2.45, 2.75) is 13.5 Å². The third kappa shape index (κ3) is 3.90. The molecule has 2 heterocycles. The SMILES string of the molecule is CCOC(=O)Cn1cc(/C=C2/C(=O)NC(=S)N(c3ccccc3F)C2=O)c2ccccc21. The maximum absolute atomic E-state index is 14.3. The molecule has 0 spiro atoms. The van der Waals surface area contributed by atoms with Crippen LogP contribution in [0.3, 0.4) is 0 Å². The number of fused-ring (bicyclic) bond motifs is 1. The van der Waals surface area contributed by atoms with Gasteiger partial charge in [-0.25, -0.2) is 9.29 Å². The Bertz CT molecular complexity index is 1300. The molecule has 0 aliphatic carbocycles. The molecule has 0 atom stereocenters.